The SMILES string of the molecule is CCCNCc1ccc(Sc2ncc(C)cn2)c(Cl)c1. The highest BCUT2D eigenvalue weighted by Crippen LogP contribution is 2.31. The molecule has 0 spiro atoms. The van der Waals surface area contributed by atoms with E-state index >= 15 is 0 Å². The number of benzene rings is 1. The zero-order valence-electron chi connectivity index (χ0n) is 11.7. The number of nitrogens with zero attached hydrogens (tertiary/aromatic N) is 2. The van der Waals surface area contributed by atoms with Gasteiger partial charge >= 0.3 is 0 Å². The van der Waals surface area contributed by atoms with Crippen molar-refractivity contribution in [3.63, 3.8) is 0 Å². The number of aromatic nitrogens is 2. The van der Waals surface area contributed by atoms with Crippen molar-refractivity contribution < 1.29 is 0 Å². The van der Waals surface area contributed by atoms with Gasteiger partial charge in [0.25, 0.3) is 0 Å². The van der Waals surface area contributed by atoms with E-state index in [1.54, 1.807) is 0 Å². The first-order valence-electron chi connectivity index (χ1n) is 6.64. The minimum absolute atomic E-state index is 0.717. The number of hydrogen-bond acceptors (Lipinski definition) is 4. The van der Waals surface area contributed by atoms with E-state index in [1.165, 1.54) is 17.3 Å². The van der Waals surface area contributed by atoms with Crippen molar-refractivity contribution in [2.45, 2.75) is 36.9 Å². The van der Waals surface area contributed by atoms with E-state index in [0.29, 0.717) is 5.16 Å². The third-order valence-electron chi connectivity index (χ3n) is 2.71. The first kappa shape index (κ1) is 15.3. The molecule has 0 aliphatic rings. The number of halogens is 1. The summed E-state index contributed by atoms with van der Waals surface area (Å²) in [5, 5.41) is 4.83. The molecule has 1 aromatic heterocycles. The summed E-state index contributed by atoms with van der Waals surface area (Å²) in [6.07, 6.45) is 4.75. The van der Waals surface area contributed by atoms with Crippen molar-refractivity contribution >= 4 is 23.4 Å². The van der Waals surface area contributed by atoms with Crippen molar-refractivity contribution in [1.29, 1.82) is 0 Å². The average Bonchev–Trinajstić information content (AvgIpc) is 2.44. The molecule has 1 heterocycles. The molecule has 0 radical (unpaired) electrons. The fourth-order valence-corrected chi connectivity index (χ4v) is 2.70. The van der Waals surface area contributed by atoms with E-state index in [9.17, 15) is 0 Å². The molecule has 0 fully saturated rings. The van der Waals surface area contributed by atoms with Gasteiger partial charge in [-0.1, -0.05) is 24.6 Å². The Balaban J connectivity index is 2.03. The van der Waals surface area contributed by atoms with Crippen molar-refractivity contribution in [3.05, 3.63) is 46.7 Å². The van der Waals surface area contributed by atoms with Crippen molar-refractivity contribution in [3.8, 4) is 0 Å². The van der Waals surface area contributed by atoms with Gasteiger partial charge in [0.1, 0.15) is 0 Å². The van der Waals surface area contributed by atoms with Gasteiger partial charge in [-0.25, -0.2) is 9.97 Å². The standard InChI is InChI=1S/C15H18ClN3S/c1-3-6-17-10-12-4-5-14(13(16)7-12)20-15-18-8-11(2)9-19-15/h4-5,7-9,17H,3,6,10H2,1-2H3. The Kier molecular flexibility index (Phi) is 5.83. The molecule has 0 atom stereocenters. The van der Waals surface area contributed by atoms with Crippen molar-refractivity contribution in [2.75, 3.05) is 6.54 Å². The van der Waals surface area contributed by atoms with Crippen LogP contribution in [0.25, 0.3) is 0 Å². The van der Waals surface area contributed by atoms with E-state index in [1.807, 2.05) is 31.5 Å². The molecular weight excluding hydrogens is 290 g/mol. The minimum atomic E-state index is 0.717. The number of aryl methyl sites for hydroxylation is 1. The van der Waals surface area contributed by atoms with E-state index in [4.69, 9.17) is 11.6 Å². The van der Waals surface area contributed by atoms with Crippen LogP contribution < -0.4 is 5.32 Å². The zero-order chi connectivity index (χ0) is 14.4. The first-order valence-corrected chi connectivity index (χ1v) is 7.84. The van der Waals surface area contributed by atoms with Gasteiger partial charge in [0, 0.05) is 23.8 Å². The van der Waals surface area contributed by atoms with Crippen LogP contribution in [0.5, 0.6) is 0 Å². The van der Waals surface area contributed by atoms with Gasteiger partial charge in [-0.15, -0.1) is 0 Å². The molecular formula is C15H18ClN3S. The van der Waals surface area contributed by atoms with Crippen LogP contribution in [-0.2, 0) is 6.54 Å². The third kappa shape index (κ3) is 4.47. The second kappa shape index (κ2) is 7.62. The highest BCUT2D eigenvalue weighted by atomic mass is 35.5. The molecule has 0 saturated heterocycles. The lowest BCUT2D eigenvalue weighted by Crippen LogP contribution is -2.13. The topological polar surface area (TPSA) is 37.8 Å². The molecule has 1 N–H and O–H groups in total. The normalized spacial score (nSPS) is 10.8. The molecule has 106 valence electrons. The van der Waals surface area contributed by atoms with Gasteiger partial charge in [0.2, 0.25) is 0 Å². The predicted octanol–water partition coefficient (Wildman–Crippen LogP) is 4.09. The molecule has 0 unspecified atom stereocenters. The molecule has 1 aromatic carbocycles. The molecule has 0 aliphatic carbocycles. The molecule has 0 bridgehead atoms. The maximum absolute atomic E-state index is 6.32. The summed E-state index contributed by atoms with van der Waals surface area (Å²) < 4.78 is 0. The van der Waals surface area contributed by atoms with E-state index in [2.05, 4.69) is 28.3 Å². The van der Waals surface area contributed by atoms with Crippen LogP contribution in [-0.4, -0.2) is 16.5 Å². The first-order chi connectivity index (χ1) is 9.69. The van der Waals surface area contributed by atoms with Crippen LogP contribution in [0.2, 0.25) is 5.02 Å². The molecule has 5 heteroatoms. The molecule has 0 saturated carbocycles. The molecule has 2 aromatic rings. The van der Waals surface area contributed by atoms with Crippen LogP contribution in [0, 0.1) is 6.92 Å². The minimum Gasteiger partial charge on any atom is -0.313 e. The Labute approximate surface area is 129 Å². The van der Waals surface area contributed by atoms with Crippen LogP contribution in [0.3, 0.4) is 0 Å². The van der Waals surface area contributed by atoms with Gasteiger partial charge in [0.15, 0.2) is 5.16 Å². The second-order valence-electron chi connectivity index (χ2n) is 4.59. The van der Waals surface area contributed by atoms with Crippen LogP contribution in [0.4, 0.5) is 0 Å². The smallest absolute Gasteiger partial charge is 0.192 e. The number of nitrogens with one attached hydrogen (secondary N) is 1. The van der Waals surface area contributed by atoms with Gasteiger partial charge < -0.3 is 5.32 Å². The average molecular weight is 308 g/mol. The zero-order valence-corrected chi connectivity index (χ0v) is 13.3. The molecule has 3 nitrogen and oxygen atoms in total. The van der Waals surface area contributed by atoms with Gasteiger partial charge in [-0.3, -0.25) is 0 Å². The second-order valence-corrected chi connectivity index (χ2v) is 6.00. The van der Waals surface area contributed by atoms with Gasteiger partial charge in [-0.05, 0) is 54.9 Å². The molecule has 2 rings (SSSR count). The Morgan fingerprint density at radius 2 is 2.00 bits per heavy atom. The van der Waals surface area contributed by atoms with Crippen LogP contribution in [0.15, 0.2) is 40.6 Å². The summed E-state index contributed by atoms with van der Waals surface area (Å²) in [7, 11) is 0. The van der Waals surface area contributed by atoms with Crippen molar-refractivity contribution in [1.82, 2.24) is 15.3 Å². The summed E-state index contributed by atoms with van der Waals surface area (Å²) >= 11 is 7.80. The quantitative estimate of drug-likeness (QED) is 0.644. The summed E-state index contributed by atoms with van der Waals surface area (Å²) in [4.78, 5) is 9.54. The summed E-state index contributed by atoms with van der Waals surface area (Å²) in [6.45, 7) is 5.99. The molecule has 20 heavy (non-hydrogen) atoms. The lowest BCUT2D eigenvalue weighted by Gasteiger charge is -2.07. The third-order valence-corrected chi connectivity index (χ3v) is 4.10. The van der Waals surface area contributed by atoms with Crippen molar-refractivity contribution in [2.24, 2.45) is 0 Å². The predicted molar refractivity (Wildman–Crippen MR) is 84.3 cm³/mol. The van der Waals surface area contributed by atoms with E-state index in [-0.39, 0.29) is 0 Å². The lowest BCUT2D eigenvalue weighted by molar-refractivity contribution is 0.675. The van der Waals surface area contributed by atoms with E-state index < -0.39 is 0 Å². The summed E-state index contributed by atoms with van der Waals surface area (Å²) in [5.41, 5.74) is 2.25. The Bertz CT molecular complexity index is 558. The summed E-state index contributed by atoms with van der Waals surface area (Å²) in [6, 6.07) is 6.12. The Morgan fingerprint density at radius 1 is 1.25 bits per heavy atom. The van der Waals surface area contributed by atoms with Crippen LogP contribution in [0.1, 0.15) is 24.5 Å². The molecule has 0 aliphatic heterocycles. The Hall–Kier alpha value is -1.10. The Morgan fingerprint density at radius 3 is 2.65 bits per heavy atom. The monoisotopic (exact) mass is 307 g/mol. The largest absolute Gasteiger partial charge is 0.313 e. The lowest BCUT2D eigenvalue weighted by atomic mass is 10.2. The maximum atomic E-state index is 6.32. The fraction of sp³-hybridized carbons (Fsp3) is 0.333. The highest BCUT2D eigenvalue weighted by Gasteiger charge is 2.06. The fourth-order valence-electron chi connectivity index (χ4n) is 1.68. The summed E-state index contributed by atoms with van der Waals surface area (Å²) in [5.74, 6) is 0. The van der Waals surface area contributed by atoms with Gasteiger partial charge in [-0.2, -0.15) is 0 Å². The van der Waals surface area contributed by atoms with Crippen LogP contribution >= 0.6 is 23.4 Å². The molecule has 0 amide bonds. The number of rotatable bonds is 6. The maximum Gasteiger partial charge on any atom is 0.192 e. The number of hydrogen-bond donors (Lipinski definition) is 1. The highest BCUT2D eigenvalue weighted by molar-refractivity contribution is 7.99. The van der Waals surface area contributed by atoms with Gasteiger partial charge in [0.05, 0.1) is 5.02 Å². The van der Waals surface area contributed by atoms with E-state index in [0.717, 1.165) is 35.0 Å².